The molecule has 130 valence electrons. The lowest BCUT2D eigenvalue weighted by Gasteiger charge is -2.49. The highest BCUT2D eigenvalue weighted by molar-refractivity contribution is 4.99. The topological polar surface area (TPSA) is 46.2 Å². The van der Waals surface area contributed by atoms with Gasteiger partial charge in [0.15, 0.2) is 5.79 Å². The molecule has 2 bridgehead atoms. The van der Waals surface area contributed by atoms with Crippen molar-refractivity contribution in [3.8, 4) is 0 Å². The summed E-state index contributed by atoms with van der Waals surface area (Å²) in [5.41, 5.74) is 0. The van der Waals surface area contributed by atoms with Crippen molar-refractivity contribution in [2.75, 3.05) is 13.2 Å². The van der Waals surface area contributed by atoms with Gasteiger partial charge in [-0.15, -0.1) is 0 Å². The third-order valence-corrected chi connectivity index (χ3v) is 6.86. The van der Waals surface area contributed by atoms with Crippen molar-refractivity contribution < 1.29 is 24.0 Å². The van der Waals surface area contributed by atoms with E-state index in [4.69, 9.17) is 24.0 Å². The molecule has 2 heterocycles. The zero-order valence-electron chi connectivity index (χ0n) is 14.1. The Bertz CT molecular complexity index is 474. The monoisotopic (exact) mass is 324 g/mol. The van der Waals surface area contributed by atoms with E-state index in [0.29, 0.717) is 31.5 Å². The van der Waals surface area contributed by atoms with E-state index in [9.17, 15) is 0 Å². The molecule has 5 nitrogen and oxygen atoms in total. The fourth-order valence-electron chi connectivity index (χ4n) is 5.85. The van der Waals surface area contributed by atoms with Crippen LogP contribution in [0.5, 0.6) is 0 Å². The SMILES string of the molecule is CC1CC2CCCC(C2)C12OOC1(CCCC3(C1)OCCO3)O2. The first-order valence-corrected chi connectivity index (χ1v) is 9.49. The summed E-state index contributed by atoms with van der Waals surface area (Å²) in [7, 11) is 0. The molecule has 0 radical (unpaired) electrons. The summed E-state index contributed by atoms with van der Waals surface area (Å²) in [5, 5.41) is 0. The summed E-state index contributed by atoms with van der Waals surface area (Å²) in [6.07, 6.45) is 9.68. The molecular formula is C18H28O5. The Labute approximate surface area is 137 Å². The number of rotatable bonds is 0. The van der Waals surface area contributed by atoms with E-state index in [2.05, 4.69) is 6.92 Å². The van der Waals surface area contributed by atoms with Crippen LogP contribution in [0.25, 0.3) is 0 Å². The summed E-state index contributed by atoms with van der Waals surface area (Å²) >= 11 is 0. The molecule has 5 fully saturated rings. The molecule has 0 aromatic rings. The summed E-state index contributed by atoms with van der Waals surface area (Å²) in [6, 6.07) is 0. The van der Waals surface area contributed by atoms with E-state index in [-0.39, 0.29) is 0 Å². The molecule has 0 aromatic carbocycles. The molecule has 5 heteroatoms. The molecule has 5 aliphatic rings. The number of ether oxygens (including phenoxy) is 3. The molecule has 2 saturated heterocycles. The van der Waals surface area contributed by atoms with Crippen molar-refractivity contribution >= 4 is 0 Å². The van der Waals surface area contributed by atoms with Crippen LogP contribution in [0.2, 0.25) is 0 Å². The molecule has 5 atom stereocenters. The first-order chi connectivity index (χ1) is 11.1. The second-order valence-corrected chi connectivity index (χ2v) is 8.41. The van der Waals surface area contributed by atoms with Gasteiger partial charge in [-0.3, -0.25) is 0 Å². The Hall–Kier alpha value is -0.200. The molecule has 2 aliphatic heterocycles. The van der Waals surface area contributed by atoms with E-state index >= 15 is 0 Å². The predicted octanol–water partition coefficient (Wildman–Crippen LogP) is 3.52. The van der Waals surface area contributed by atoms with Gasteiger partial charge < -0.3 is 14.2 Å². The summed E-state index contributed by atoms with van der Waals surface area (Å²) in [4.78, 5) is 12.0. The van der Waals surface area contributed by atoms with Gasteiger partial charge in [-0.25, -0.2) is 0 Å². The summed E-state index contributed by atoms with van der Waals surface area (Å²) in [6.45, 7) is 3.61. The van der Waals surface area contributed by atoms with Crippen molar-refractivity contribution in [1.82, 2.24) is 0 Å². The van der Waals surface area contributed by atoms with Crippen LogP contribution in [0.3, 0.4) is 0 Å². The molecule has 5 rings (SSSR count). The molecule has 0 N–H and O–H groups in total. The van der Waals surface area contributed by atoms with Crippen molar-refractivity contribution in [2.24, 2.45) is 17.8 Å². The highest BCUT2D eigenvalue weighted by Crippen LogP contribution is 2.58. The first-order valence-electron chi connectivity index (χ1n) is 9.49. The van der Waals surface area contributed by atoms with Gasteiger partial charge in [0.1, 0.15) is 0 Å². The maximum atomic E-state index is 6.70. The van der Waals surface area contributed by atoms with Gasteiger partial charge in [-0.2, -0.15) is 9.78 Å². The van der Waals surface area contributed by atoms with E-state index < -0.39 is 17.4 Å². The lowest BCUT2D eigenvalue weighted by atomic mass is 9.64. The highest BCUT2D eigenvalue weighted by atomic mass is 17.3. The van der Waals surface area contributed by atoms with Gasteiger partial charge in [0.2, 0.25) is 11.6 Å². The predicted molar refractivity (Wildman–Crippen MR) is 81.0 cm³/mol. The highest BCUT2D eigenvalue weighted by Gasteiger charge is 2.64. The minimum Gasteiger partial charge on any atom is -0.347 e. The minimum atomic E-state index is -0.679. The lowest BCUT2D eigenvalue weighted by molar-refractivity contribution is -0.386. The zero-order chi connectivity index (χ0) is 15.5. The van der Waals surface area contributed by atoms with Crippen LogP contribution in [-0.4, -0.2) is 30.6 Å². The first kappa shape index (κ1) is 15.1. The molecule has 0 aromatic heterocycles. The third-order valence-electron chi connectivity index (χ3n) is 6.86. The maximum absolute atomic E-state index is 6.70. The minimum absolute atomic E-state index is 0.384. The standard InChI is InChI=1S/C18H28O5/c1-13-10-14-4-2-5-15(11-14)18(13)21-17(22-23-18)7-3-6-16(12-17)19-8-9-20-16/h13-15H,2-12H2,1H3. The van der Waals surface area contributed by atoms with Crippen LogP contribution in [0.1, 0.15) is 64.7 Å². The third kappa shape index (κ3) is 2.24. The fourth-order valence-corrected chi connectivity index (χ4v) is 5.85. The van der Waals surface area contributed by atoms with E-state index in [1.165, 1.54) is 32.1 Å². The van der Waals surface area contributed by atoms with E-state index in [1.807, 2.05) is 0 Å². The van der Waals surface area contributed by atoms with E-state index in [0.717, 1.165) is 25.2 Å². The Morgan fingerprint density at radius 1 is 0.870 bits per heavy atom. The van der Waals surface area contributed by atoms with Crippen molar-refractivity contribution in [3.05, 3.63) is 0 Å². The number of hydrogen-bond donors (Lipinski definition) is 0. The van der Waals surface area contributed by atoms with Gasteiger partial charge in [-0.05, 0) is 31.6 Å². The molecule has 3 aliphatic carbocycles. The van der Waals surface area contributed by atoms with Crippen LogP contribution in [0.15, 0.2) is 0 Å². The number of fused-ring (bicyclic) bond motifs is 3. The molecule has 3 saturated carbocycles. The Balaban J connectivity index is 1.40. The van der Waals surface area contributed by atoms with Crippen molar-refractivity contribution in [3.63, 3.8) is 0 Å². The smallest absolute Gasteiger partial charge is 0.210 e. The van der Waals surface area contributed by atoms with Crippen LogP contribution in [0, 0.1) is 17.8 Å². The molecule has 3 spiro atoms. The van der Waals surface area contributed by atoms with Crippen molar-refractivity contribution in [1.29, 1.82) is 0 Å². The Morgan fingerprint density at radius 2 is 1.70 bits per heavy atom. The zero-order valence-corrected chi connectivity index (χ0v) is 14.1. The summed E-state index contributed by atoms with van der Waals surface area (Å²) in [5.74, 6) is -0.0470. The molecule has 0 amide bonds. The van der Waals surface area contributed by atoms with Crippen LogP contribution >= 0.6 is 0 Å². The average Bonchev–Trinajstić information content (AvgIpc) is 3.13. The van der Waals surface area contributed by atoms with Gasteiger partial charge in [0, 0.05) is 24.7 Å². The average molecular weight is 324 g/mol. The normalized spacial score (nSPS) is 51.8. The Morgan fingerprint density at radius 3 is 2.57 bits per heavy atom. The second kappa shape index (κ2) is 5.15. The molecule has 5 unspecified atom stereocenters. The van der Waals surface area contributed by atoms with Gasteiger partial charge >= 0.3 is 0 Å². The lowest BCUT2D eigenvalue weighted by Crippen LogP contribution is -2.54. The van der Waals surface area contributed by atoms with Gasteiger partial charge in [0.25, 0.3) is 0 Å². The van der Waals surface area contributed by atoms with Crippen LogP contribution in [-0.2, 0) is 24.0 Å². The Kier molecular flexibility index (Phi) is 3.38. The van der Waals surface area contributed by atoms with Crippen LogP contribution < -0.4 is 0 Å². The quantitative estimate of drug-likeness (QED) is 0.638. The van der Waals surface area contributed by atoms with Crippen LogP contribution in [0.4, 0.5) is 0 Å². The summed E-state index contributed by atoms with van der Waals surface area (Å²) < 4.78 is 18.5. The van der Waals surface area contributed by atoms with Crippen molar-refractivity contribution in [2.45, 2.75) is 82.1 Å². The van der Waals surface area contributed by atoms with Gasteiger partial charge in [-0.1, -0.05) is 19.8 Å². The van der Waals surface area contributed by atoms with E-state index in [1.54, 1.807) is 0 Å². The maximum Gasteiger partial charge on any atom is 0.210 e. The largest absolute Gasteiger partial charge is 0.347 e. The fraction of sp³-hybridized carbons (Fsp3) is 1.00. The molecular weight excluding hydrogens is 296 g/mol. The second-order valence-electron chi connectivity index (χ2n) is 8.41. The molecule has 23 heavy (non-hydrogen) atoms. The van der Waals surface area contributed by atoms with Gasteiger partial charge in [0.05, 0.1) is 19.6 Å². The number of hydrogen-bond acceptors (Lipinski definition) is 5.